The number of ether oxygens (including phenoxy) is 1. The van der Waals surface area contributed by atoms with Crippen LogP contribution in [0.1, 0.15) is 28.8 Å². The Bertz CT molecular complexity index is 1490. The van der Waals surface area contributed by atoms with Gasteiger partial charge in [-0.05, 0) is 42.7 Å². The normalized spacial score (nSPS) is 13.9. The SMILES string of the molecule is COC(=O)c1ccccc1NC(=O)C1CCN(c2nc3cccnc3n(Cc3ccccc3)c2=O)CC1. The Balaban J connectivity index is 1.34. The van der Waals surface area contributed by atoms with Crippen LogP contribution in [0.25, 0.3) is 11.2 Å². The number of methoxy groups -OCH3 is 1. The number of carbonyl (C=O) groups excluding carboxylic acids is 2. The zero-order valence-electron chi connectivity index (χ0n) is 20.5. The number of hydrogen-bond acceptors (Lipinski definition) is 7. The molecule has 0 aliphatic carbocycles. The van der Waals surface area contributed by atoms with Crippen molar-refractivity contribution in [2.45, 2.75) is 19.4 Å². The van der Waals surface area contributed by atoms with Gasteiger partial charge in [0.1, 0.15) is 5.52 Å². The smallest absolute Gasteiger partial charge is 0.339 e. The van der Waals surface area contributed by atoms with Crippen molar-refractivity contribution in [3.05, 3.63) is 94.4 Å². The van der Waals surface area contributed by atoms with Crippen molar-refractivity contribution in [3.63, 3.8) is 0 Å². The molecule has 0 atom stereocenters. The highest BCUT2D eigenvalue weighted by Gasteiger charge is 2.28. The first-order valence-electron chi connectivity index (χ1n) is 12.2. The molecule has 1 fully saturated rings. The minimum atomic E-state index is -0.505. The average molecular weight is 498 g/mol. The average Bonchev–Trinajstić information content (AvgIpc) is 2.95. The van der Waals surface area contributed by atoms with Gasteiger partial charge in [-0.1, -0.05) is 42.5 Å². The number of pyridine rings is 1. The number of fused-ring (bicyclic) bond motifs is 1. The highest BCUT2D eigenvalue weighted by atomic mass is 16.5. The number of para-hydroxylation sites is 1. The summed E-state index contributed by atoms with van der Waals surface area (Å²) in [6.07, 6.45) is 2.77. The Morgan fingerprint density at radius 1 is 1.00 bits per heavy atom. The van der Waals surface area contributed by atoms with Crippen molar-refractivity contribution in [1.29, 1.82) is 0 Å². The molecule has 9 nitrogen and oxygen atoms in total. The lowest BCUT2D eigenvalue weighted by molar-refractivity contribution is -0.120. The van der Waals surface area contributed by atoms with E-state index in [4.69, 9.17) is 4.74 Å². The van der Waals surface area contributed by atoms with E-state index in [1.165, 1.54) is 7.11 Å². The molecule has 1 aliphatic heterocycles. The molecule has 0 radical (unpaired) electrons. The summed E-state index contributed by atoms with van der Waals surface area (Å²) in [4.78, 5) is 49.6. The molecule has 0 unspecified atom stereocenters. The van der Waals surface area contributed by atoms with Crippen LogP contribution in [0.3, 0.4) is 0 Å². The lowest BCUT2D eigenvalue weighted by Crippen LogP contribution is -2.42. The van der Waals surface area contributed by atoms with Crippen LogP contribution in [-0.2, 0) is 16.1 Å². The van der Waals surface area contributed by atoms with Gasteiger partial charge in [0.25, 0.3) is 5.56 Å². The second-order valence-corrected chi connectivity index (χ2v) is 8.95. The van der Waals surface area contributed by atoms with Crippen LogP contribution in [0.2, 0.25) is 0 Å². The van der Waals surface area contributed by atoms with Gasteiger partial charge in [-0.2, -0.15) is 0 Å². The zero-order chi connectivity index (χ0) is 25.8. The van der Waals surface area contributed by atoms with Crippen LogP contribution < -0.4 is 15.8 Å². The summed E-state index contributed by atoms with van der Waals surface area (Å²) in [6, 6.07) is 20.2. The fraction of sp³-hybridized carbons (Fsp3) is 0.250. The monoisotopic (exact) mass is 497 g/mol. The van der Waals surface area contributed by atoms with Gasteiger partial charge in [0.2, 0.25) is 5.91 Å². The molecule has 3 heterocycles. The van der Waals surface area contributed by atoms with Gasteiger partial charge < -0.3 is 15.0 Å². The summed E-state index contributed by atoms with van der Waals surface area (Å²) in [5.41, 5.74) is 2.71. The molecule has 2 aromatic heterocycles. The number of esters is 1. The summed E-state index contributed by atoms with van der Waals surface area (Å²) in [5.74, 6) is -0.551. The van der Waals surface area contributed by atoms with E-state index in [1.54, 1.807) is 41.1 Å². The molecule has 188 valence electrons. The lowest BCUT2D eigenvalue weighted by atomic mass is 9.95. The van der Waals surface area contributed by atoms with Crippen molar-refractivity contribution in [2.75, 3.05) is 30.4 Å². The predicted molar refractivity (Wildman–Crippen MR) is 141 cm³/mol. The number of piperidine rings is 1. The number of benzene rings is 2. The molecule has 0 bridgehead atoms. The van der Waals surface area contributed by atoms with Crippen LogP contribution in [0, 0.1) is 5.92 Å². The van der Waals surface area contributed by atoms with Gasteiger partial charge in [0.15, 0.2) is 11.5 Å². The molecule has 1 aliphatic rings. The van der Waals surface area contributed by atoms with Gasteiger partial charge in [-0.25, -0.2) is 14.8 Å². The summed E-state index contributed by atoms with van der Waals surface area (Å²) < 4.78 is 6.48. The van der Waals surface area contributed by atoms with Gasteiger partial charge in [0.05, 0.1) is 24.9 Å². The topological polar surface area (TPSA) is 106 Å². The van der Waals surface area contributed by atoms with Gasteiger partial charge in [0, 0.05) is 25.2 Å². The molecular weight excluding hydrogens is 470 g/mol. The number of nitrogens with one attached hydrogen (secondary N) is 1. The Morgan fingerprint density at radius 3 is 2.49 bits per heavy atom. The molecule has 1 amide bonds. The Hall–Kier alpha value is -4.53. The number of carbonyl (C=O) groups is 2. The van der Waals surface area contributed by atoms with Gasteiger partial charge >= 0.3 is 5.97 Å². The van der Waals surface area contributed by atoms with E-state index < -0.39 is 5.97 Å². The summed E-state index contributed by atoms with van der Waals surface area (Å²) >= 11 is 0. The molecule has 1 saturated heterocycles. The first kappa shape index (κ1) is 24.2. The molecule has 2 aromatic carbocycles. The molecule has 0 spiro atoms. The quantitative estimate of drug-likeness (QED) is 0.407. The predicted octanol–water partition coefficient (Wildman–Crippen LogP) is 3.48. The fourth-order valence-corrected chi connectivity index (χ4v) is 4.65. The lowest BCUT2D eigenvalue weighted by Gasteiger charge is -2.32. The van der Waals surface area contributed by atoms with Crippen LogP contribution in [0.15, 0.2) is 77.7 Å². The van der Waals surface area contributed by atoms with E-state index in [2.05, 4.69) is 15.3 Å². The molecule has 37 heavy (non-hydrogen) atoms. The minimum Gasteiger partial charge on any atom is -0.465 e. The van der Waals surface area contributed by atoms with Crippen LogP contribution in [0.4, 0.5) is 11.5 Å². The van der Waals surface area contributed by atoms with E-state index >= 15 is 0 Å². The number of rotatable bonds is 6. The maximum Gasteiger partial charge on any atom is 0.339 e. The van der Waals surface area contributed by atoms with Crippen LogP contribution >= 0.6 is 0 Å². The van der Waals surface area contributed by atoms with E-state index in [9.17, 15) is 14.4 Å². The number of hydrogen-bond donors (Lipinski definition) is 1. The Morgan fingerprint density at radius 2 is 1.73 bits per heavy atom. The summed E-state index contributed by atoms with van der Waals surface area (Å²) in [6.45, 7) is 1.41. The minimum absolute atomic E-state index is 0.159. The third-order valence-corrected chi connectivity index (χ3v) is 6.62. The third kappa shape index (κ3) is 5.06. The molecular formula is C28H27N5O4. The van der Waals surface area contributed by atoms with Crippen LogP contribution in [-0.4, -0.2) is 46.6 Å². The van der Waals surface area contributed by atoms with E-state index in [1.807, 2.05) is 41.3 Å². The van der Waals surface area contributed by atoms with Crippen molar-refractivity contribution in [1.82, 2.24) is 14.5 Å². The van der Waals surface area contributed by atoms with Crippen molar-refractivity contribution in [3.8, 4) is 0 Å². The molecule has 4 aromatic rings. The van der Waals surface area contributed by atoms with Crippen molar-refractivity contribution in [2.24, 2.45) is 5.92 Å². The number of nitrogens with zero attached hydrogens (tertiary/aromatic N) is 4. The maximum atomic E-state index is 13.6. The van der Waals surface area contributed by atoms with E-state index in [-0.39, 0.29) is 17.4 Å². The zero-order valence-corrected chi connectivity index (χ0v) is 20.5. The van der Waals surface area contributed by atoms with Gasteiger partial charge in [-0.3, -0.25) is 14.2 Å². The first-order chi connectivity index (χ1) is 18.0. The number of amides is 1. The Kier molecular flexibility index (Phi) is 6.93. The van der Waals surface area contributed by atoms with E-state index in [0.717, 1.165) is 5.56 Å². The first-order valence-corrected chi connectivity index (χ1v) is 12.2. The summed E-state index contributed by atoms with van der Waals surface area (Å²) in [7, 11) is 1.31. The van der Waals surface area contributed by atoms with Crippen molar-refractivity contribution < 1.29 is 14.3 Å². The van der Waals surface area contributed by atoms with E-state index in [0.29, 0.717) is 60.7 Å². The molecule has 0 saturated carbocycles. The number of aromatic nitrogens is 3. The third-order valence-electron chi connectivity index (χ3n) is 6.62. The molecule has 1 N–H and O–H groups in total. The van der Waals surface area contributed by atoms with Crippen molar-refractivity contribution >= 4 is 34.5 Å². The number of anilines is 2. The maximum absolute atomic E-state index is 13.6. The molecule has 9 heteroatoms. The fourth-order valence-electron chi connectivity index (χ4n) is 4.65. The Labute approximate surface area is 213 Å². The summed E-state index contributed by atoms with van der Waals surface area (Å²) in [5, 5.41) is 2.87. The highest BCUT2D eigenvalue weighted by molar-refractivity contribution is 6.01. The molecule has 5 rings (SSSR count). The second kappa shape index (κ2) is 10.6. The van der Waals surface area contributed by atoms with Gasteiger partial charge in [-0.15, -0.1) is 0 Å². The second-order valence-electron chi connectivity index (χ2n) is 8.95. The highest BCUT2D eigenvalue weighted by Crippen LogP contribution is 2.24. The standard InChI is InChI=1S/C28H27N5O4/c1-37-28(36)21-10-5-6-11-22(21)31-26(34)20-13-16-32(17-14-20)25-27(35)33(18-19-8-3-2-4-9-19)24-23(30-25)12-7-15-29-24/h2-12,15,20H,13-14,16-18H2,1H3,(H,31,34). The largest absolute Gasteiger partial charge is 0.465 e. The van der Waals surface area contributed by atoms with Crippen LogP contribution in [0.5, 0.6) is 0 Å².